The molecule has 6 nitrogen and oxygen atoms in total. The van der Waals surface area contributed by atoms with Gasteiger partial charge in [0.1, 0.15) is 11.9 Å². The molecule has 1 aliphatic heterocycles. The average molecular weight is 461 g/mol. The maximum absolute atomic E-state index is 10.9. The molecule has 0 bridgehead atoms. The number of rotatable bonds is 4. The minimum absolute atomic E-state index is 0.454. The number of aromatic nitrogens is 2. The quantitative estimate of drug-likeness (QED) is 0.658. The third-order valence-electron chi connectivity index (χ3n) is 7.56. The molecule has 0 spiro atoms. The summed E-state index contributed by atoms with van der Waals surface area (Å²) in [6.07, 6.45) is 18.7. The molecule has 0 unspecified atom stereocenters. The van der Waals surface area contributed by atoms with E-state index in [4.69, 9.17) is 0 Å². The molecule has 2 aromatic heterocycles. The molecule has 0 amide bonds. The Balaban J connectivity index is 0.000000429. The largest absolute Gasteiger partial charge is 0.385 e. The third-order valence-corrected chi connectivity index (χ3v) is 7.56. The molecular formula is C28H36N4O2. The second-order valence-corrected chi connectivity index (χ2v) is 10.2. The van der Waals surface area contributed by atoms with Crippen molar-refractivity contribution in [1.82, 2.24) is 14.9 Å². The minimum atomic E-state index is -0.629. The van der Waals surface area contributed by atoms with E-state index in [1.165, 1.54) is 16.6 Å². The molecular weight excluding hydrogens is 424 g/mol. The predicted molar refractivity (Wildman–Crippen MR) is 138 cm³/mol. The Hall–Kier alpha value is -2.70. The Morgan fingerprint density at radius 1 is 1.12 bits per heavy atom. The summed E-state index contributed by atoms with van der Waals surface area (Å²) in [5, 5.41) is 12.1. The van der Waals surface area contributed by atoms with Gasteiger partial charge in [-0.05, 0) is 62.4 Å². The van der Waals surface area contributed by atoms with E-state index in [9.17, 15) is 9.90 Å². The van der Waals surface area contributed by atoms with Crippen LogP contribution in [0.3, 0.4) is 0 Å². The van der Waals surface area contributed by atoms with Crippen LogP contribution in [-0.4, -0.2) is 65.1 Å². The van der Waals surface area contributed by atoms with E-state index in [0.717, 1.165) is 94.3 Å². The highest BCUT2D eigenvalue weighted by atomic mass is 16.3. The summed E-state index contributed by atoms with van der Waals surface area (Å²) in [6, 6.07) is 4.37. The number of aldehydes is 1. The first-order valence-electron chi connectivity index (χ1n) is 12.7. The molecule has 34 heavy (non-hydrogen) atoms. The molecule has 1 saturated heterocycles. The van der Waals surface area contributed by atoms with E-state index in [1.807, 2.05) is 6.20 Å². The fourth-order valence-electron chi connectivity index (χ4n) is 5.15. The molecule has 2 saturated carbocycles. The Morgan fingerprint density at radius 3 is 2.56 bits per heavy atom. The Labute approximate surface area is 202 Å². The first-order chi connectivity index (χ1) is 16.6. The number of hydrogen-bond donors (Lipinski definition) is 2. The van der Waals surface area contributed by atoms with Crippen molar-refractivity contribution >= 4 is 28.6 Å². The van der Waals surface area contributed by atoms with Gasteiger partial charge in [0, 0.05) is 55.1 Å². The van der Waals surface area contributed by atoms with Crippen molar-refractivity contribution in [2.24, 2.45) is 5.92 Å². The topological polar surface area (TPSA) is 72.5 Å². The second-order valence-electron chi connectivity index (χ2n) is 10.2. The summed E-state index contributed by atoms with van der Waals surface area (Å²) >= 11 is 0. The lowest BCUT2D eigenvalue weighted by atomic mass is 9.91. The summed E-state index contributed by atoms with van der Waals surface area (Å²) in [6.45, 7) is 4.27. The van der Waals surface area contributed by atoms with Crippen molar-refractivity contribution in [2.45, 2.75) is 50.5 Å². The highest BCUT2D eigenvalue weighted by molar-refractivity contribution is 5.94. The molecule has 2 N–H and O–H groups in total. The summed E-state index contributed by atoms with van der Waals surface area (Å²) in [5.74, 6) is 0.454. The number of likely N-dealkylation sites (N-methyl/N-ethyl adjacent to an activating group) is 1. The van der Waals surface area contributed by atoms with Crippen LogP contribution in [-0.2, 0) is 4.79 Å². The number of anilines is 1. The van der Waals surface area contributed by atoms with Gasteiger partial charge in [0.2, 0.25) is 0 Å². The number of fused-ring (bicyclic) bond motifs is 1. The summed E-state index contributed by atoms with van der Waals surface area (Å²) < 4.78 is 0. The van der Waals surface area contributed by atoms with Crippen LogP contribution >= 0.6 is 0 Å². The zero-order chi connectivity index (χ0) is 23.5. The highest BCUT2D eigenvalue weighted by Gasteiger charge is 2.33. The van der Waals surface area contributed by atoms with Gasteiger partial charge >= 0.3 is 0 Å². The van der Waals surface area contributed by atoms with E-state index in [0.29, 0.717) is 5.92 Å². The van der Waals surface area contributed by atoms with Gasteiger partial charge in [-0.15, -0.1) is 0 Å². The number of nitrogens with one attached hydrogen (secondary N) is 1. The first kappa shape index (κ1) is 23.1. The molecule has 180 valence electrons. The van der Waals surface area contributed by atoms with E-state index >= 15 is 0 Å². The summed E-state index contributed by atoms with van der Waals surface area (Å²) in [7, 11) is 2.18. The molecule has 3 heterocycles. The van der Waals surface area contributed by atoms with Crippen LogP contribution in [0.15, 0.2) is 48.2 Å². The van der Waals surface area contributed by atoms with Gasteiger partial charge in [-0.1, -0.05) is 37.1 Å². The number of H-pyrrole nitrogens is 1. The van der Waals surface area contributed by atoms with Crippen LogP contribution in [0.2, 0.25) is 0 Å². The van der Waals surface area contributed by atoms with Gasteiger partial charge in [0.15, 0.2) is 0 Å². The molecule has 3 aliphatic carbocycles. The normalized spacial score (nSPS) is 22.6. The molecule has 0 aromatic carbocycles. The Bertz CT molecular complexity index is 1110. The predicted octanol–water partition coefficient (Wildman–Crippen LogP) is 4.48. The van der Waals surface area contributed by atoms with Crippen molar-refractivity contribution in [3.63, 3.8) is 0 Å². The van der Waals surface area contributed by atoms with E-state index < -0.39 is 5.60 Å². The molecule has 0 radical (unpaired) electrons. The molecule has 2 aromatic rings. The number of aromatic amines is 1. The monoisotopic (exact) mass is 460 g/mol. The summed E-state index contributed by atoms with van der Waals surface area (Å²) in [4.78, 5) is 22.5. The van der Waals surface area contributed by atoms with Crippen molar-refractivity contribution in [1.29, 1.82) is 0 Å². The SMILES string of the molecule is CN1CCN(c2ccnc3[nH]c(C4=CCC=C(C5(O)CCCC5)C=C4)cc23)CC1.O=CC1CC1. The van der Waals surface area contributed by atoms with Crippen LogP contribution in [0.1, 0.15) is 50.6 Å². The number of pyridine rings is 1. The maximum Gasteiger partial charge on any atom is 0.139 e. The Kier molecular flexibility index (Phi) is 6.70. The van der Waals surface area contributed by atoms with Gasteiger partial charge in [-0.25, -0.2) is 4.98 Å². The van der Waals surface area contributed by atoms with Gasteiger partial charge < -0.3 is 24.7 Å². The van der Waals surface area contributed by atoms with Crippen molar-refractivity contribution in [3.8, 4) is 0 Å². The molecule has 3 fully saturated rings. The van der Waals surface area contributed by atoms with E-state index in [1.54, 1.807) is 0 Å². The van der Waals surface area contributed by atoms with Crippen LogP contribution in [0, 0.1) is 5.92 Å². The van der Waals surface area contributed by atoms with Crippen LogP contribution in [0.4, 0.5) is 5.69 Å². The van der Waals surface area contributed by atoms with E-state index in [2.05, 4.69) is 63.3 Å². The van der Waals surface area contributed by atoms with Gasteiger partial charge in [-0.3, -0.25) is 0 Å². The number of hydrogen-bond acceptors (Lipinski definition) is 5. The standard InChI is InChI=1S/C24H30N4O.C4H6O/c1-27-13-15-28(16-14-27)22-9-12-25-23-20(22)17-21(26-23)18-5-4-6-19(8-7-18)24(29)10-2-3-11-24;5-3-4-1-2-4/h5-9,12,17,29H,2-4,10-11,13-16H2,1H3,(H,25,26);3-4H,1-2H2. The molecule has 6 heteroatoms. The number of nitrogens with zero attached hydrogens (tertiary/aromatic N) is 3. The highest BCUT2D eigenvalue weighted by Crippen LogP contribution is 2.38. The number of carbonyl (C=O) groups is 1. The average Bonchev–Trinajstić information content (AvgIpc) is 3.53. The minimum Gasteiger partial charge on any atom is -0.385 e. The molecule has 6 rings (SSSR count). The Morgan fingerprint density at radius 2 is 1.88 bits per heavy atom. The fraction of sp³-hybridized carbons (Fsp3) is 0.500. The lowest BCUT2D eigenvalue weighted by molar-refractivity contribution is -0.108. The zero-order valence-electron chi connectivity index (χ0n) is 20.2. The molecule has 0 atom stereocenters. The van der Waals surface area contributed by atoms with Crippen molar-refractivity contribution in [3.05, 3.63) is 53.9 Å². The van der Waals surface area contributed by atoms with Crippen molar-refractivity contribution in [2.75, 3.05) is 38.1 Å². The lowest BCUT2D eigenvalue weighted by Gasteiger charge is -2.34. The third kappa shape index (κ3) is 5.03. The number of allylic oxidation sites excluding steroid dienone is 4. The lowest BCUT2D eigenvalue weighted by Crippen LogP contribution is -2.44. The maximum atomic E-state index is 10.9. The number of carbonyl (C=O) groups excluding carboxylic acids is 1. The summed E-state index contributed by atoms with van der Waals surface area (Å²) in [5.41, 5.74) is 4.92. The smallest absolute Gasteiger partial charge is 0.139 e. The van der Waals surface area contributed by atoms with Gasteiger partial charge in [-0.2, -0.15) is 0 Å². The van der Waals surface area contributed by atoms with Crippen LogP contribution in [0.25, 0.3) is 16.6 Å². The first-order valence-corrected chi connectivity index (χ1v) is 12.7. The van der Waals surface area contributed by atoms with Crippen molar-refractivity contribution < 1.29 is 9.90 Å². The fourth-order valence-corrected chi connectivity index (χ4v) is 5.15. The number of aliphatic hydroxyl groups is 1. The second kappa shape index (κ2) is 9.88. The van der Waals surface area contributed by atoms with E-state index in [-0.39, 0.29) is 0 Å². The zero-order valence-corrected chi connectivity index (χ0v) is 20.2. The van der Waals surface area contributed by atoms with Crippen LogP contribution < -0.4 is 4.90 Å². The van der Waals surface area contributed by atoms with Crippen LogP contribution in [0.5, 0.6) is 0 Å². The number of piperazine rings is 1. The van der Waals surface area contributed by atoms with Gasteiger partial charge in [0.25, 0.3) is 0 Å². The van der Waals surface area contributed by atoms with Gasteiger partial charge in [0.05, 0.1) is 5.60 Å². The molecule has 4 aliphatic rings.